The fraction of sp³-hybridized carbons (Fsp3) is 0.438. The minimum Gasteiger partial charge on any atom is -0.376 e. The molecular formula is C16H17F3N4O4. The molecule has 146 valence electrons. The van der Waals surface area contributed by atoms with E-state index in [0.29, 0.717) is 30.9 Å². The van der Waals surface area contributed by atoms with E-state index in [4.69, 9.17) is 9.57 Å². The first-order valence-corrected chi connectivity index (χ1v) is 8.11. The summed E-state index contributed by atoms with van der Waals surface area (Å²) in [5.74, 6) is -1.95. The molecule has 2 heterocycles. The molecule has 1 fully saturated rings. The van der Waals surface area contributed by atoms with Gasteiger partial charge in [-0.3, -0.25) is 9.63 Å². The zero-order chi connectivity index (χ0) is 19.4. The molecule has 1 aromatic carbocycles. The van der Waals surface area contributed by atoms with Crippen LogP contribution < -0.4 is 10.8 Å². The van der Waals surface area contributed by atoms with E-state index in [1.54, 1.807) is 0 Å². The summed E-state index contributed by atoms with van der Waals surface area (Å²) >= 11 is 0. The molecule has 1 aromatic heterocycles. The zero-order valence-electron chi connectivity index (χ0n) is 14.2. The number of ether oxygens (including phenoxy) is 1. The number of alkyl halides is 3. The summed E-state index contributed by atoms with van der Waals surface area (Å²) in [5.41, 5.74) is 3.47. The first-order valence-electron chi connectivity index (χ1n) is 8.11. The lowest BCUT2D eigenvalue weighted by atomic mass is 10.1. The maximum absolute atomic E-state index is 12.5. The first kappa shape index (κ1) is 19.3. The smallest absolute Gasteiger partial charge is 0.376 e. The van der Waals surface area contributed by atoms with Crippen molar-refractivity contribution in [1.82, 2.24) is 20.9 Å². The summed E-state index contributed by atoms with van der Waals surface area (Å²) in [4.78, 5) is 20.8. The van der Waals surface area contributed by atoms with Gasteiger partial charge in [0.15, 0.2) is 0 Å². The van der Waals surface area contributed by atoms with E-state index in [9.17, 15) is 18.0 Å². The number of hydrogen-bond acceptors (Lipinski definition) is 7. The molecular weight excluding hydrogens is 369 g/mol. The van der Waals surface area contributed by atoms with Crippen LogP contribution in [0, 0.1) is 0 Å². The molecule has 1 saturated heterocycles. The summed E-state index contributed by atoms with van der Waals surface area (Å²) in [6.45, 7) is 3.26. The average molecular weight is 386 g/mol. The molecule has 27 heavy (non-hydrogen) atoms. The molecule has 0 bridgehead atoms. The molecule has 1 atom stereocenters. The molecule has 0 spiro atoms. The van der Waals surface area contributed by atoms with Crippen molar-refractivity contribution >= 4 is 5.91 Å². The molecule has 1 aliphatic rings. The Bertz CT molecular complexity index is 775. The Morgan fingerprint density at radius 3 is 2.59 bits per heavy atom. The van der Waals surface area contributed by atoms with Gasteiger partial charge in [0.2, 0.25) is 5.82 Å². The Labute approximate surface area is 152 Å². The number of rotatable bonds is 7. The highest BCUT2D eigenvalue weighted by Crippen LogP contribution is 2.29. The van der Waals surface area contributed by atoms with E-state index < -0.39 is 12.1 Å². The Morgan fingerprint density at radius 1 is 1.33 bits per heavy atom. The Balaban J connectivity index is 1.51. The number of hydroxylamine groups is 1. The van der Waals surface area contributed by atoms with E-state index in [2.05, 4.69) is 25.5 Å². The maximum atomic E-state index is 12.5. The van der Waals surface area contributed by atoms with E-state index in [1.165, 1.54) is 24.3 Å². The van der Waals surface area contributed by atoms with E-state index in [-0.39, 0.29) is 23.9 Å². The molecule has 2 N–H and O–H groups in total. The third-order valence-electron chi connectivity index (χ3n) is 3.69. The molecule has 0 aliphatic carbocycles. The van der Waals surface area contributed by atoms with Crippen LogP contribution in [0.15, 0.2) is 28.8 Å². The normalized spacial score (nSPS) is 16.0. The zero-order valence-corrected chi connectivity index (χ0v) is 14.2. The van der Waals surface area contributed by atoms with Gasteiger partial charge in [-0.25, -0.2) is 0 Å². The number of carbonyl (C=O) groups is 1. The maximum Gasteiger partial charge on any atom is 0.471 e. The van der Waals surface area contributed by atoms with Gasteiger partial charge in [0, 0.05) is 23.7 Å². The number of nitrogens with one attached hydrogen (secondary N) is 2. The van der Waals surface area contributed by atoms with Gasteiger partial charge in [0.1, 0.15) is 6.10 Å². The first-order chi connectivity index (χ1) is 12.8. The molecule has 3 rings (SSSR count). The lowest BCUT2D eigenvalue weighted by Crippen LogP contribution is -2.45. The van der Waals surface area contributed by atoms with Gasteiger partial charge in [-0.15, -0.1) is 0 Å². The largest absolute Gasteiger partial charge is 0.471 e. The van der Waals surface area contributed by atoms with E-state index in [0.717, 1.165) is 0 Å². The van der Waals surface area contributed by atoms with E-state index >= 15 is 0 Å². The highest BCUT2D eigenvalue weighted by Gasteiger charge is 2.38. The van der Waals surface area contributed by atoms with Crippen LogP contribution in [0.1, 0.15) is 23.2 Å². The van der Waals surface area contributed by atoms with Crippen molar-refractivity contribution in [2.45, 2.75) is 25.2 Å². The summed E-state index contributed by atoms with van der Waals surface area (Å²) in [7, 11) is 0. The molecule has 0 unspecified atom stereocenters. The van der Waals surface area contributed by atoms with Crippen LogP contribution in [-0.4, -0.2) is 48.0 Å². The monoisotopic (exact) mass is 386 g/mol. The van der Waals surface area contributed by atoms with Gasteiger partial charge in [0.25, 0.3) is 5.91 Å². The average Bonchev–Trinajstić information content (AvgIpc) is 3.09. The predicted octanol–water partition coefficient (Wildman–Crippen LogP) is 1.79. The number of aromatic nitrogens is 2. The van der Waals surface area contributed by atoms with Crippen LogP contribution in [-0.2, 0) is 15.8 Å². The van der Waals surface area contributed by atoms with Crippen molar-refractivity contribution in [1.29, 1.82) is 0 Å². The number of halogens is 3. The molecule has 1 aliphatic heterocycles. The molecule has 0 radical (unpaired) electrons. The number of amides is 1. The van der Waals surface area contributed by atoms with Gasteiger partial charge in [0.05, 0.1) is 13.2 Å². The number of carbonyl (C=O) groups excluding carboxylic acids is 1. The van der Waals surface area contributed by atoms with Crippen LogP contribution in [0.25, 0.3) is 11.4 Å². The van der Waals surface area contributed by atoms with Gasteiger partial charge in [-0.1, -0.05) is 17.3 Å². The third-order valence-corrected chi connectivity index (χ3v) is 3.69. The van der Waals surface area contributed by atoms with Crippen molar-refractivity contribution in [2.75, 3.05) is 19.8 Å². The Morgan fingerprint density at radius 2 is 2.04 bits per heavy atom. The standard InChI is InChI=1S/C16H17F3N4O4/c1-9(22-26-12-7-25-8-12)6-20-14(24)11-4-2-10(3-5-11)13-21-15(27-23-13)16(17,18)19/h2-5,9,12,22H,6-8H2,1H3,(H,20,24)/t9-/m0/s1. The highest BCUT2D eigenvalue weighted by atomic mass is 19.4. The molecule has 8 nitrogen and oxygen atoms in total. The minimum atomic E-state index is -4.70. The summed E-state index contributed by atoms with van der Waals surface area (Å²) in [6, 6.07) is 5.71. The van der Waals surface area contributed by atoms with Crippen molar-refractivity contribution in [3.05, 3.63) is 35.7 Å². The Kier molecular flexibility index (Phi) is 5.73. The predicted molar refractivity (Wildman–Crippen MR) is 85.4 cm³/mol. The van der Waals surface area contributed by atoms with Gasteiger partial charge in [-0.2, -0.15) is 23.6 Å². The quantitative estimate of drug-likeness (QED) is 0.700. The fourth-order valence-corrected chi connectivity index (χ4v) is 2.11. The van der Waals surface area contributed by atoms with Crippen molar-refractivity contribution in [3.63, 3.8) is 0 Å². The molecule has 11 heteroatoms. The van der Waals surface area contributed by atoms with Crippen LogP contribution in [0.5, 0.6) is 0 Å². The summed E-state index contributed by atoms with van der Waals surface area (Å²) in [6.07, 6.45) is -4.68. The minimum absolute atomic E-state index is 0.0266. The lowest BCUT2D eigenvalue weighted by Gasteiger charge is -2.27. The lowest BCUT2D eigenvalue weighted by molar-refractivity contribution is -0.168. The van der Waals surface area contributed by atoms with Crippen molar-refractivity contribution in [3.8, 4) is 11.4 Å². The Hall–Kier alpha value is -2.50. The molecule has 1 amide bonds. The van der Waals surface area contributed by atoms with Crippen LogP contribution >= 0.6 is 0 Å². The van der Waals surface area contributed by atoms with Gasteiger partial charge >= 0.3 is 12.1 Å². The summed E-state index contributed by atoms with van der Waals surface area (Å²) < 4.78 is 46.6. The SMILES string of the molecule is C[C@@H](CNC(=O)c1ccc(-c2noc(C(F)(F)F)n2)cc1)NOC1COC1. The second kappa shape index (κ2) is 8.03. The number of hydrogen-bond donors (Lipinski definition) is 2. The van der Waals surface area contributed by atoms with Crippen molar-refractivity contribution in [2.24, 2.45) is 0 Å². The fourth-order valence-electron chi connectivity index (χ4n) is 2.11. The van der Waals surface area contributed by atoms with Crippen LogP contribution in [0.2, 0.25) is 0 Å². The van der Waals surface area contributed by atoms with Gasteiger partial charge in [-0.05, 0) is 19.1 Å². The van der Waals surface area contributed by atoms with Gasteiger partial charge < -0.3 is 14.6 Å². The topological polar surface area (TPSA) is 98.5 Å². The van der Waals surface area contributed by atoms with Crippen LogP contribution in [0.3, 0.4) is 0 Å². The highest BCUT2D eigenvalue weighted by molar-refractivity contribution is 5.94. The number of nitrogens with zero attached hydrogens (tertiary/aromatic N) is 2. The third kappa shape index (κ3) is 5.02. The van der Waals surface area contributed by atoms with E-state index in [1.807, 2.05) is 6.92 Å². The molecule has 2 aromatic rings. The second-order valence-corrected chi connectivity index (χ2v) is 6.00. The van der Waals surface area contributed by atoms with Crippen LogP contribution in [0.4, 0.5) is 13.2 Å². The van der Waals surface area contributed by atoms with Crippen molar-refractivity contribution < 1.29 is 32.1 Å². The second-order valence-electron chi connectivity index (χ2n) is 6.00. The summed E-state index contributed by atoms with van der Waals surface area (Å²) in [5, 5.41) is 6.03. The number of benzene rings is 1. The molecule has 0 saturated carbocycles.